The molecule has 0 bridgehead atoms. The van der Waals surface area contributed by atoms with Gasteiger partial charge in [-0.2, -0.15) is 18.2 Å². The summed E-state index contributed by atoms with van der Waals surface area (Å²) in [7, 11) is 0. The Morgan fingerprint density at radius 3 is 2.65 bits per heavy atom. The number of ether oxygens (including phenoxy) is 1. The first-order chi connectivity index (χ1) is 9.25. The number of aromatic nitrogens is 1. The molecule has 1 N–H and O–H groups in total. The molecule has 1 aromatic rings. The summed E-state index contributed by atoms with van der Waals surface area (Å²) in [5.41, 5.74) is -0.608. The molecule has 112 valence electrons. The van der Waals surface area contributed by atoms with Crippen molar-refractivity contribution in [2.75, 3.05) is 11.9 Å². The average molecular weight is 293 g/mol. The number of hydrogen-bond donors (Lipinski definition) is 1. The van der Waals surface area contributed by atoms with E-state index in [9.17, 15) is 23.3 Å². The fourth-order valence-corrected chi connectivity index (χ4v) is 1.24. The molecular weight excluding hydrogens is 279 g/mol. The number of nitrogens with zero attached hydrogens (tertiary/aromatic N) is 2. The molecule has 1 heterocycles. The summed E-state index contributed by atoms with van der Waals surface area (Å²) in [6, 6.07) is 2.38. The molecule has 0 spiro atoms. The zero-order chi connectivity index (χ0) is 15.3. The molecule has 1 unspecified atom stereocenters. The predicted octanol–water partition coefficient (Wildman–Crippen LogP) is 3.14. The Balaban J connectivity index is 3.03. The van der Waals surface area contributed by atoms with Crippen LogP contribution in [0.2, 0.25) is 0 Å². The first kappa shape index (κ1) is 16.0. The highest BCUT2D eigenvalue weighted by Gasteiger charge is 2.39. The second kappa shape index (κ2) is 6.40. The maximum atomic E-state index is 12.4. The van der Waals surface area contributed by atoms with E-state index in [4.69, 9.17) is 0 Å². The van der Waals surface area contributed by atoms with Crippen molar-refractivity contribution >= 4 is 11.5 Å². The molecule has 0 saturated heterocycles. The van der Waals surface area contributed by atoms with E-state index in [1.165, 1.54) is 6.07 Å². The van der Waals surface area contributed by atoms with Crippen LogP contribution in [-0.4, -0.2) is 28.7 Å². The largest absolute Gasteiger partial charge is 0.460 e. The fourth-order valence-electron chi connectivity index (χ4n) is 1.24. The van der Waals surface area contributed by atoms with E-state index in [1.807, 2.05) is 6.92 Å². The first-order valence-corrected chi connectivity index (χ1v) is 5.88. The summed E-state index contributed by atoms with van der Waals surface area (Å²) in [6.07, 6.45) is -6.04. The number of halogens is 3. The number of alkyl halides is 3. The number of anilines is 1. The van der Waals surface area contributed by atoms with Crippen LogP contribution >= 0.6 is 0 Å². The van der Waals surface area contributed by atoms with Crippen molar-refractivity contribution in [2.45, 2.75) is 32.5 Å². The van der Waals surface area contributed by atoms with Gasteiger partial charge in [-0.3, -0.25) is 10.1 Å². The lowest BCUT2D eigenvalue weighted by Gasteiger charge is -2.17. The maximum absolute atomic E-state index is 12.4. The third kappa shape index (κ3) is 4.25. The van der Waals surface area contributed by atoms with Gasteiger partial charge in [-0.15, -0.1) is 0 Å². The van der Waals surface area contributed by atoms with Gasteiger partial charge in [0.25, 0.3) is 5.88 Å². The molecule has 0 amide bonds. The number of hydrogen-bond acceptors (Lipinski definition) is 5. The second-order valence-electron chi connectivity index (χ2n) is 4.01. The summed E-state index contributed by atoms with van der Waals surface area (Å²) in [5, 5.41) is 13.6. The Kier molecular flexibility index (Phi) is 5.12. The Labute approximate surface area is 113 Å². The van der Waals surface area contributed by atoms with Crippen molar-refractivity contribution in [1.29, 1.82) is 0 Å². The molecule has 0 radical (unpaired) electrons. The first-order valence-electron chi connectivity index (χ1n) is 5.88. The van der Waals surface area contributed by atoms with Gasteiger partial charge in [0.1, 0.15) is 5.82 Å². The molecule has 20 heavy (non-hydrogen) atoms. The van der Waals surface area contributed by atoms with Gasteiger partial charge >= 0.3 is 11.9 Å². The lowest BCUT2D eigenvalue weighted by atomic mass is 10.3. The molecule has 0 fully saturated rings. The highest BCUT2D eigenvalue weighted by molar-refractivity contribution is 5.49. The van der Waals surface area contributed by atoms with Gasteiger partial charge in [0.15, 0.2) is 6.10 Å². The predicted molar refractivity (Wildman–Crippen MR) is 65.8 cm³/mol. The molecule has 0 saturated carbocycles. The van der Waals surface area contributed by atoms with Gasteiger partial charge in [0.05, 0.1) is 4.92 Å². The summed E-state index contributed by atoms with van der Waals surface area (Å²) >= 11 is 0. The Morgan fingerprint density at radius 1 is 1.50 bits per heavy atom. The van der Waals surface area contributed by atoms with Crippen LogP contribution in [0.5, 0.6) is 5.88 Å². The highest BCUT2D eigenvalue weighted by Crippen LogP contribution is 2.31. The van der Waals surface area contributed by atoms with Crippen molar-refractivity contribution in [3.8, 4) is 5.88 Å². The number of rotatable bonds is 6. The summed E-state index contributed by atoms with van der Waals surface area (Å²) in [4.78, 5) is 13.6. The van der Waals surface area contributed by atoms with Crippen LogP contribution in [-0.2, 0) is 0 Å². The number of nitro groups is 1. The monoisotopic (exact) mass is 293 g/mol. The quantitative estimate of drug-likeness (QED) is 0.644. The van der Waals surface area contributed by atoms with Crippen molar-refractivity contribution in [2.24, 2.45) is 0 Å². The van der Waals surface area contributed by atoms with Crippen LogP contribution in [0.3, 0.4) is 0 Å². The standard InChI is InChI=1S/C11H14F3N3O3/c1-3-6-15-9-5-4-8(17(18)19)10(16-9)20-7(2)11(12,13)14/h4-5,7H,3,6H2,1-2H3,(H,15,16). The third-order valence-electron chi connectivity index (χ3n) is 2.34. The average Bonchev–Trinajstić information content (AvgIpc) is 2.35. The minimum atomic E-state index is -4.62. The van der Waals surface area contributed by atoms with E-state index in [1.54, 1.807) is 0 Å². The molecule has 9 heteroatoms. The molecule has 1 aromatic heterocycles. The van der Waals surface area contributed by atoms with Gasteiger partial charge in [-0.1, -0.05) is 6.92 Å². The van der Waals surface area contributed by atoms with E-state index >= 15 is 0 Å². The number of pyridine rings is 1. The summed E-state index contributed by atoms with van der Waals surface area (Å²) < 4.78 is 41.9. The molecule has 0 aliphatic heterocycles. The third-order valence-corrected chi connectivity index (χ3v) is 2.34. The Hall–Kier alpha value is -2.06. The van der Waals surface area contributed by atoms with Crippen LogP contribution in [0.1, 0.15) is 20.3 Å². The SMILES string of the molecule is CCCNc1ccc([N+](=O)[O-])c(OC(C)C(F)(F)F)n1. The van der Waals surface area contributed by atoms with Gasteiger partial charge < -0.3 is 10.1 Å². The van der Waals surface area contributed by atoms with Crippen molar-refractivity contribution < 1.29 is 22.8 Å². The van der Waals surface area contributed by atoms with Crippen LogP contribution in [0.4, 0.5) is 24.7 Å². The molecular formula is C11H14F3N3O3. The second-order valence-corrected chi connectivity index (χ2v) is 4.01. The van der Waals surface area contributed by atoms with Crippen LogP contribution in [0, 0.1) is 10.1 Å². The van der Waals surface area contributed by atoms with Gasteiger partial charge in [0, 0.05) is 12.6 Å². The normalized spacial score (nSPS) is 12.8. The van der Waals surface area contributed by atoms with E-state index in [-0.39, 0.29) is 5.82 Å². The van der Waals surface area contributed by atoms with Crippen molar-refractivity contribution in [3.05, 3.63) is 22.2 Å². The fraction of sp³-hybridized carbons (Fsp3) is 0.545. The van der Waals surface area contributed by atoms with Crippen molar-refractivity contribution in [1.82, 2.24) is 4.98 Å². The van der Waals surface area contributed by atoms with Gasteiger partial charge in [-0.05, 0) is 19.4 Å². The van der Waals surface area contributed by atoms with E-state index < -0.39 is 28.8 Å². The van der Waals surface area contributed by atoms with E-state index in [0.29, 0.717) is 6.54 Å². The Bertz CT molecular complexity index is 480. The Morgan fingerprint density at radius 2 is 2.15 bits per heavy atom. The van der Waals surface area contributed by atoms with Crippen LogP contribution < -0.4 is 10.1 Å². The van der Waals surface area contributed by atoms with Gasteiger partial charge in [0.2, 0.25) is 0 Å². The number of nitrogens with one attached hydrogen (secondary N) is 1. The molecule has 0 aliphatic carbocycles. The zero-order valence-corrected chi connectivity index (χ0v) is 10.9. The molecule has 0 aliphatic rings. The van der Waals surface area contributed by atoms with E-state index in [2.05, 4.69) is 15.0 Å². The topological polar surface area (TPSA) is 77.3 Å². The molecule has 6 nitrogen and oxygen atoms in total. The maximum Gasteiger partial charge on any atom is 0.425 e. The smallest absolute Gasteiger partial charge is 0.425 e. The molecule has 1 rings (SSSR count). The lowest BCUT2D eigenvalue weighted by Crippen LogP contribution is -2.31. The summed E-state index contributed by atoms with van der Waals surface area (Å²) in [6.45, 7) is 3.19. The van der Waals surface area contributed by atoms with Crippen LogP contribution in [0.15, 0.2) is 12.1 Å². The van der Waals surface area contributed by atoms with Crippen molar-refractivity contribution in [3.63, 3.8) is 0 Å². The zero-order valence-electron chi connectivity index (χ0n) is 10.9. The molecule has 0 aromatic carbocycles. The van der Waals surface area contributed by atoms with Gasteiger partial charge in [-0.25, -0.2) is 0 Å². The minimum Gasteiger partial charge on any atom is -0.460 e. The molecule has 1 atom stereocenters. The highest BCUT2D eigenvalue weighted by atomic mass is 19.4. The summed E-state index contributed by atoms with van der Waals surface area (Å²) in [5.74, 6) is -0.428. The van der Waals surface area contributed by atoms with Crippen LogP contribution in [0.25, 0.3) is 0 Å². The minimum absolute atomic E-state index is 0.224. The lowest BCUT2D eigenvalue weighted by molar-refractivity contribution is -0.386. The van der Waals surface area contributed by atoms with E-state index in [0.717, 1.165) is 19.4 Å².